The lowest BCUT2D eigenvalue weighted by Gasteiger charge is -2.03. The summed E-state index contributed by atoms with van der Waals surface area (Å²) in [6.07, 6.45) is 0. The van der Waals surface area contributed by atoms with Gasteiger partial charge in [-0.05, 0) is 24.0 Å². The maximum atomic E-state index is 11.5. The number of aryl methyl sites for hydroxylation is 1. The number of rotatable bonds is 3. The maximum Gasteiger partial charge on any atom is 0.273 e. The Balaban J connectivity index is 1.93. The van der Waals surface area contributed by atoms with Crippen LogP contribution in [0.3, 0.4) is 0 Å². The SMILES string of the molecule is Cc1ccc(CNC(=O)c2csnn2)cc1. The molecule has 0 saturated carbocycles. The second-order valence-electron chi connectivity index (χ2n) is 3.46. The molecule has 0 aliphatic heterocycles. The van der Waals surface area contributed by atoms with Crippen molar-refractivity contribution in [3.05, 3.63) is 46.5 Å². The number of nitrogens with one attached hydrogen (secondary N) is 1. The molecule has 1 heterocycles. The van der Waals surface area contributed by atoms with Crippen LogP contribution in [-0.2, 0) is 6.54 Å². The van der Waals surface area contributed by atoms with E-state index in [-0.39, 0.29) is 5.91 Å². The molecule has 0 atom stereocenters. The highest BCUT2D eigenvalue weighted by molar-refractivity contribution is 7.03. The first kappa shape index (κ1) is 10.8. The van der Waals surface area contributed by atoms with E-state index in [1.807, 2.05) is 31.2 Å². The van der Waals surface area contributed by atoms with Crippen LogP contribution >= 0.6 is 11.5 Å². The molecule has 5 heteroatoms. The van der Waals surface area contributed by atoms with Gasteiger partial charge in [0.2, 0.25) is 0 Å². The third-order valence-corrected chi connectivity index (χ3v) is 2.67. The van der Waals surface area contributed by atoms with E-state index in [9.17, 15) is 4.79 Å². The van der Waals surface area contributed by atoms with Crippen LogP contribution in [0.5, 0.6) is 0 Å². The van der Waals surface area contributed by atoms with Crippen molar-refractivity contribution in [2.45, 2.75) is 13.5 Å². The summed E-state index contributed by atoms with van der Waals surface area (Å²) in [4.78, 5) is 11.5. The second kappa shape index (κ2) is 4.85. The van der Waals surface area contributed by atoms with Crippen LogP contribution in [0.4, 0.5) is 0 Å². The summed E-state index contributed by atoms with van der Waals surface area (Å²) in [6, 6.07) is 8.03. The van der Waals surface area contributed by atoms with E-state index in [0.29, 0.717) is 12.2 Å². The normalized spacial score (nSPS) is 10.1. The molecule has 1 aromatic carbocycles. The number of carbonyl (C=O) groups excluding carboxylic acids is 1. The summed E-state index contributed by atoms with van der Waals surface area (Å²) in [5, 5.41) is 8.11. The predicted octanol–water partition coefficient (Wildman–Crippen LogP) is 1.78. The summed E-state index contributed by atoms with van der Waals surface area (Å²) < 4.78 is 3.64. The Bertz CT molecular complexity index is 464. The number of amides is 1. The van der Waals surface area contributed by atoms with E-state index in [2.05, 4.69) is 14.9 Å². The molecule has 0 fully saturated rings. The average molecular weight is 233 g/mol. The molecule has 1 amide bonds. The fraction of sp³-hybridized carbons (Fsp3) is 0.182. The number of nitrogens with zero attached hydrogens (tertiary/aromatic N) is 2. The van der Waals surface area contributed by atoms with Gasteiger partial charge in [-0.2, -0.15) is 0 Å². The van der Waals surface area contributed by atoms with Crippen LogP contribution in [0.25, 0.3) is 0 Å². The standard InChI is InChI=1S/C11H11N3OS/c1-8-2-4-9(5-3-8)6-12-11(15)10-7-16-14-13-10/h2-5,7H,6H2,1H3,(H,12,15). The zero-order chi connectivity index (χ0) is 11.4. The molecule has 0 aliphatic carbocycles. The van der Waals surface area contributed by atoms with Crippen LogP contribution < -0.4 is 5.32 Å². The maximum absolute atomic E-state index is 11.5. The van der Waals surface area contributed by atoms with Gasteiger partial charge in [0.25, 0.3) is 5.91 Å². The topological polar surface area (TPSA) is 54.9 Å². The molecule has 1 aromatic heterocycles. The highest BCUT2D eigenvalue weighted by Crippen LogP contribution is 2.03. The van der Waals surface area contributed by atoms with E-state index in [1.54, 1.807) is 5.38 Å². The van der Waals surface area contributed by atoms with Gasteiger partial charge >= 0.3 is 0 Å². The van der Waals surface area contributed by atoms with Crippen molar-refractivity contribution in [3.8, 4) is 0 Å². The van der Waals surface area contributed by atoms with Gasteiger partial charge in [0.15, 0.2) is 5.69 Å². The van der Waals surface area contributed by atoms with Gasteiger partial charge in [-0.25, -0.2) is 0 Å². The highest BCUT2D eigenvalue weighted by Gasteiger charge is 2.07. The lowest BCUT2D eigenvalue weighted by molar-refractivity contribution is 0.0946. The molecule has 2 rings (SSSR count). The molecule has 16 heavy (non-hydrogen) atoms. The molecule has 0 saturated heterocycles. The minimum atomic E-state index is -0.186. The van der Waals surface area contributed by atoms with E-state index in [4.69, 9.17) is 0 Å². The van der Waals surface area contributed by atoms with Gasteiger partial charge in [-0.15, -0.1) is 5.10 Å². The van der Waals surface area contributed by atoms with Gasteiger partial charge in [0, 0.05) is 11.9 Å². The molecule has 0 radical (unpaired) electrons. The van der Waals surface area contributed by atoms with E-state index in [0.717, 1.165) is 5.56 Å². The van der Waals surface area contributed by atoms with Crippen LogP contribution in [0.1, 0.15) is 21.6 Å². The summed E-state index contributed by atoms with van der Waals surface area (Å²) in [7, 11) is 0. The Labute approximate surface area is 97.5 Å². The third kappa shape index (κ3) is 2.64. The lowest BCUT2D eigenvalue weighted by Crippen LogP contribution is -2.23. The van der Waals surface area contributed by atoms with E-state index >= 15 is 0 Å². The van der Waals surface area contributed by atoms with Gasteiger partial charge in [-0.1, -0.05) is 34.3 Å². The minimum Gasteiger partial charge on any atom is -0.347 e. The van der Waals surface area contributed by atoms with Crippen LogP contribution in [0, 0.1) is 6.92 Å². The number of hydrogen-bond acceptors (Lipinski definition) is 4. The van der Waals surface area contributed by atoms with Crippen LogP contribution in [0.15, 0.2) is 29.6 Å². The quantitative estimate of drug-likeness (QED) is 0.879. The first-order chi connectivity index (χ1) is 7.75. The van der Waals surface area contributed by atoms with Crippen LogP contribution in [0.2, 0.25) is 0 Å². The Hall–Kier alpha value is -1.75. The second-order valence-corrected chi connectivity index (χ2v) is 4.07. The van der Waals surface area contributed by atoms with Crippen molar-refractivity contribution in [3.63, 3.8) is 0 Å². The largest absolute Gasteiger partial charge is 0.347 e. The molecule has 0 bridgehead atoms. The predicted molar refractivity (Wildman–Crippen MR) is 62.3 cm³/mol. The fourth-order valence-corrected chi connectivity index (χ4v) is 1.68. The highest BCUT2D eigenvalue weighted by atomic mass is 32.1. The summed E-state index contributed by atoms with van der Waals surface area (Å²) in [6.45, 7) is 2.54. The number of aromatic nitrogens is 2. The van der Waals surface area contributed by atoms with Crippen LogP contribution in [-0.4, -0.2) is 15.5 Å². The molecule has 0 aliphatic rings. The summed E-state index contributed by atoms with van der Waals surface area (Å²) >= 11 is 1.17. The number of hydrogen-bond donors (Lipinski definition) is 1. The Kier molecular flexibility index (Phi) is 3.26. The third-order valence-electron chi connectivity index (χ3n) is 2.17. The Morgan fingerprint density at radius 2 is 2.12 bits per heavy atom. The molecule has 1 N–H and O–H groups in total. The van der Waals surface area contributed by atoms with Gasteiger partial charge in [0.1, 0.15) is 0 Å². The molecule has 0 unspecified atom stereocenters. The van der Waals surface area contributed by atoms with Crippen molar-refractivity contribution in [1.82, 2.24) is 14.9 Å². The van der Waals surface area contributed by atoms with E-state index in [1.165, 1.54) is 17.1 Å². The lowest BCUT2D eigenvalue weighted by atomic mass is 10.1. The molecule has 82 valence electrons. The summed E-state index contributed by atoms with van der Waals surface area (Å²) in [5.41, 5.74) is 2.65. The van der Waals surface area contributed by atoms with Gasteiger partial charge < -0.3 is 5.32 Å². The Morgan fingerprint density at radius 1 is 1.38 bits per heavy atom. The molecule has 2 aromatic rings. The zero-order valence-corrected chi connectivity index (χ0v) is 9.62. The molecular weight excluding hydrogens is 222 g/mol. The van der Waals surface area contributed by atoms with Gasteiger partial charge in [0.05, 0.1) is 0 Å². The fourth-order valence-electron chi connectivity index (χ4n) is 1.24. The van der Waals surface area contributed by atoms with Crippen molar-refractivity contribution in [2.75, 3.05) is 0 Å². The number of benzene rings is 1. The van der Waals surface area contributed by atoms with Crippen molar-refractivity contribution < 1.29 is 4.79 Å². The Morgan fingerprint density at radius 3 is 2.75 bits per heavy atom. The zero-order valence-electron chi connectivity index (χ0n) is 8.80. The number of carbonyl (C=O) groups is 1. The van der Waals surface area contributed by atoms with Crippen molar-refractivity contribution in [2.24, 2.45) is 0 Å². The average Bonchev–Trinajstić information content (AvgIpc) is 2.81. The van der Waals surface area contributed by atoms with E-state index < -0.39 is 0 Å². The smallest absolute Gasteiger partial charge is 0.273 e. The molecule has 4 nitrogen and oxygen atoms in total. The minimum absolute atomic E-state index is 0.186. The van der Waals surface area contributed by atoms with Crippen molar-refractivity contribution >= 4 is 17.4 Å². The molecular formula is C11H11N3OS. The first-order valence-corrected chi connectivity index (χ1v) is 5.70. The summed E-state index contributed by atoms with van der Waals surface area (Å²) in [5.74, 6) is -0.186. The first-order valence-electron chi connectivity index (χ1n) is 4.86. The van der Waals surface area contributed by atoms with Gasteiger partial charge in [-0.3, -0.25) is 4.79 Å². The van der Waals surface area contributed by atoms with Crippen molar-refractivity contribution in [1.29, 1.82) is 0 Å². The molecule has 0 spiro atoms. The monoisotopic (exact) mass is 233 g/mol.